The van der Waals surface area contributed by atoms with Crippen LogP contribution in [0.4, 0.5) is 0 Å². The molecule has 0 bridgehead atoms. The van der Waals surface area contributed by atoms with Crippen molar-refractivity contribution in [2.75, 3.05) is 0 Å². The summed E-state index contributed by atoms with van der Waals surface area (Å²) in [7, 11) is 0. The minimum absolute atomic E-state index is 0.00351. The number of benzene rings is 1. The fourth-order valence-corrected chi connectivity index (χ4v) is 2.48. The Hall–Kier alpha value is -2.17. The first-order valence-electron chi connectivity index (χ1n) is 9.21. The molecule has 1 aromatic rings. The van der Waals surface area contributed by atoms with Crippen LogP contribution in [0.3, 0.4) is 0 Å². The van der Waals surface area contributed by atoms with Crippen LogP contribution < -0.4 is 0 Å². The molecule has 4 heteroatoms. The molecule has 0 aliphatic rings. The van der Waals surface area contributed by atoms with E-state index in [2.05, 4.69) is 30.3 Å². The molecule has 0 aliphatic carbocycles. The van der Waals surface area contributed by atoms with Crippen molar-refractivity contribution < 1.29 is 20.1 Å². The van der Waals surface area contributed by atoms with Crippen LogP contribution in [0.2, 0.25) is 0 Å². The van der Waals surface area contributed by atoms with Gasteiger partial charge < -0.3 is 15.3 Å². The lowest BCUT2D eigenvalue weighted by molar-refractivity contribution is -0.137. The van der Waals surface area contributed by atoms with E-state index < -0.39 is 18.2 Å². The Kier molecular flexibility index (Phi) is 11.8. The number of carbonyl (C=O) groups is 1. The Morgan fingerprint density at radius 3 is 2.42 bits per heavy atom. The molecule has 0 amide bonds. The molecule has 0 heterocycles. The maximum atomic E-state index is 10.4. The first-order valence-corrected chi connectivity index (χ1v) is 9.21. The lowest BCUT2D eigenvalue weighted by Crippen LogP contribution is -2.23. The van der Waals surface area contributed by atoms with Crippen LogP contribution in [0.5, 0.6) is 0 Å². The quantitative estimate of drug-likeness (QED) is 0.367. The number of aliphatic hydroxyl groups is 2. The van der Waals surface area contributed by atoms with E-state index in [1.807, 2.05) is 18.2 Å². The number of unbranched alkanes of at least 4 members (excludes halogenated alkanes) is 2. The van der Waals surface area contributed by atoms with E-state index in [0.717, 1.165) is 19.3 Å². The van der Waals surface area contributed by atoms with E-state index in [-0.39, 0.29) is 12.8 Å². The van der Waals surface area contributed by atoms with Gasteiger partial charge in [0.05, 0.1) is 12.2 Å². The van der Waals surface area contributed by atoms with E-state index in [0.29, 0.717) is 6.42 Å². The normalized spacial score (nSPS) is 14.4. The third-order valence-corrected chi connectivity index (χ3v) is 3.99. The standard InChI is InChI=1S/C22H30O4/c23-20(21(24)17-12-18-22(25)26)16-11-6-4-2-1-3-5-8-13-19-14-9-7-10-15-19/h1-2,4,6-7,9-11,14-16,20-21,23-24H,3,5,8,12-13,17-18H2,(H,25,26)/b2-1-,6-4+,16-11+/t20-,21+/m1/s1. The largest absolute Gasteiger partial charge is 0.481 e. The highest BCUT2D eigenvalue weighted by molar-refractivity contribution is 5.66. The molecule has 0 aromatic heterocycles. The topological polar surface area (TPSA) is 77.8 Å². The smallest absolute Gasteiger partial charge is 0.303 e. The molecule has 1 aromatic carbocycles. The SMILES string of the molecule is O=C(O)CCC[C@H](O)[C@H](O)/C=C/C=C/C=C\CCCCc1ccccc1. The fourth-order valence-electron chi connectivity index (χ4n) is 2.48. The molecule has 1 rings (SSSR count). The van der Waals surface area contributed by atoms with Crippen LogP contribution in [0.15, 0.2) is 66.8 Å². The van der Waals surface area contributed by atoms with Gasteiger partial charge in [0.25, 0.3) is 0 Å². The summed E-state index contributed by atoms with van der Waals surface area (Å²) in [6.45, 7) is 0. The second kappa shape index (κ2) is 14.0. The van der Waals surface area contributed by atoms with Crippen LogP contribution in [-0.2, 0) is 11.2 Å². The van der Waals surface area contributed by atoms with Crippen molar-refractivity contribution in [1.29, 1.82) is 0 Å². The van der Waals surface area contributed by atoms with Gasteiger partial charge in [-0.25, -0.2) is 0 Å². The fraction of sp³-hybridized carbons (Fsp3) is 0.409. The Morgan fingerprint density at radius 1 is 0.962 bits per heavy atom. The highest BCUT2D eigenvalue weighted by atomic mass is 16.4. The highest BCUT2D eigenvalue weighted by Crippen LogP contribution is 2.07. The van der Waals surface area contributed by atoms with Crippen molar-refractivity contribution in [1.82, 2.24) is 0 Å². The zero-order valence-electron chi connectivity index (χ0n) is 15.2. The van der Waals surface area contributed by atoms with E-state index in [1.54, 1.807) is 12.2 Å². The summed E-state index contributed by atoms with van der Waals surface area (Å²) in [6, 6.07) is 10.5. The first-order chi connectivity index (χ1) is 12.6. The van der Waals surface area contributed by atoms with Crippen LogP contribution in [0, 0.1) is 0 Å². The van der Waals surface area contributed by atoms with Gasteiger partial charge in [0.2, 0.25) is 0 Å². The molecule has 0 aliphatic heterocycles. The number of hydrogen-bond donors (Lipinski definition) is 3. The molecule has 3 N–H and O–H groups in total. The third-order valence-electron chi connectivity index (χ3n) is 3.99. The molecule has 0 saturated heterocycles. The predicted molar refractivity (Wildman–Crippen MR) is 105 cm³/mol. The van der Waals surface area contributed by atoms with Crippen molar-refractivity contribution >= 4 is 5.97 Å². The average Bonchev–Trinajstić information content (AvgIpc) is 2.63. The molecule has 4 nitrogen and oxygen atoms in total. The maximum Gasteiger partial charge on any atom is 0.303 e. The van der Waals surface area contributed by atoms with Crippen molar-refractivity contribution in [3.05, 3.63) is 72.4 Å². The van der Waals surface area contributed by atoms with Gasteiger partial charge >= 0.3 is 5.97 Å². The van der Waals surface area contributed by atoms with Gasteiger partial charge in [0.1, 0.15) is 0 Å². The zero-order valence-corrected chi connectivity index (χ0v) is 15.2. The number of aryl methyl sites for hydroxylation is 1. The number of allylic oxidation sites excluding steroid dienone is 5. The van der Waals surface area contributed by atoms with Gasteiger partial charge in [-0.3, -0.25) is 4.79 Å². The second-order valence-corrected chi connectivity index (χ2v) is 6.27. The summed E-state index contributed by atoms with van der Waals surface area (Å²) >= 11 is 0. The average molecular weight is 358 g/mol. The van der Waals surface area contributed by atoms with Crippen LogP contribution in [-0.4, -0.2) is 33.5 Å². The molecule has 26 heavy (non-hydrogen) atoms. The molecular weight excluding hydrogens is 328 g/mol. The summed E-state index contributed by atoms with van der Waals surface area (Å²) < 4.78 is 0. The van der Waals surface area contributed by atoms with E-state index >= 15 is 0 Å². The number of carboxylic acids is 1. The Bertz CT molecular complexity index is 575. The molecule has 142 valence electrons. The minimum Gasteiger partial charge on any atom is -0.481 e. The van der Waals surface area contributed by atoms with Crippen molar-refractivity contribution in [2.24, 2.45) is 0 Å². The summed E-state index contributed by atoms with van der Waals surface area (Å²) in [4.78, 5) is 10.4. The van der Waals surface area contributed by atoms with Crippen molar-refractivity contribution in [3.8, 4) is 0 Å². The highest BCUT2D eigenvalue weighted by Gasteiger charge is 2.12. The molecule has 0 spiro atoms. The molecular formula is C22H30O4. The first kappa shape index (κ1) is 21.9. The molecule has 0 unspecified atom stereocenters. The third kappa shape index (κ3) is 11.4. The Morgan fingerprint density at radius 2 is 1.69 bits per heavy atom. The maximum absolute atomic E-state index is 10.4. The van der Waals surface area contributed by atoms with E-state index in [9.17, 15) is 15.0 Å². The number of hydrogen-bond acceptors (Lipinski definition) is 3. The lowest BCUT2D eigenvalue weighted by Gasteiger charge is -2.13. The van der Waals surface area contributed by atoms with Gasteiger partial charge in [-0.2, -0.15) is 0 Å². The number of aliphatic carboxylic acids is 1. The van der Waals surface area contributed by atoms with E-state index in [4.69, 9.17) is 5.11 Å². The summed E-state index contributed by atoms with van der Waals surface area (Å²) in [5, 5.41) is 28.0. The van der Waals surface area contributed by atoms with E-state index in [1.165, 1.54) is 18.1 Å². The summed E-state index contributed by atoms with van der Waals surface area (Å²) in [5.41, 5.74) is 1.38. The predicted octanol–water partition coefficient (Wildman–Crippen LogP) is 4.04. The second-order valence-electron chi connectivity index (χ2n) is 6.27. The van der Waals surface area contributed by atoms with Gasteiger partial charge in [-0.15, -0.1) is 0 Å². The van der Waals surface area contributed by atoms with Crippen molar-refractivity contribution in [3.63, 3.8) is 0 Å². The summed E-state index contributed by atoms with van der Waals surface area (Å²) in [6.07, 6.45) is 14.2. The van der Waals surface area contributed by atoms with Gasteiger partial charge in [-0.1, -0.05) is 66.8 Å². The van der Waals surface area contributed by atoms with Crippen molar-refractivity contribution in [2.45, 2.75) is 57.2 Å². The Balaban J connectivity index is 2.10. The lowest BCUT2D eigenvalue weighted by atomic mass is 10.1. The minimum atomic E-state index is -0.976. The van der Waals surface area contributed by atoms with Gasteiger partial charge in [0, 0.05) is 6.42 Å². The zero-order chi connectivity index (χ0) is 19.0. The van der Waals surface area contributed by atoms with Crippen LogP contribution in [0.1, 0.15) is 44.1 Å². The molecule has 0 radical (unpaired) electrons. The Labute approximate surface area is 156 Å². The number of aliphatic hydroxyl groups excluding tert-OH is 2. The number of carboxylic acid groups (broad SMARTS) is 1. The van der Waals surface area contributed by atoms with Gasteiger partial charge in [-0.05, 0) is 44.1 Å². The van der Waals surface area contributed by atoms with Crippen LogP contribution >= 0.6 is 0 Å². The number of rotatable bonds is 13. The van der Waals surface area contributed by atoms with Crippen LogP contribution in [0.25, 0.3) is 0 Å². The van der Waals surface area contributed by atoms with Gasteiger partial charge in [0.15, 0.2) is 0 Å². The molecule has 0 fully saturated rings. The monoisotopic (exact) mass is 358 g/mol. The molecule has 0 saturated carbocycles. The summed E-state index contributed by atoms with van der Waals surface area (Å²) in [5.74, 6) is -0.892. The molecule has 2 atom stereocenters.